The maximum atomic E-state index is 11.9. The van der Waals surface area contributed by atoms with E-state index in [1.54, 1.807) is 10.6 Å². The summed E-state index contributed by atoms with van der Waals surface area (Å²) in [5.74, 6) is 0.168. The molecular formula is C14H20N2O2. The fourth-order valence-electron chi connectivity index (χ4n) is 2.40. The van der Waals surface area contributed by atoms with Gasteiger partial charge in [0.15, 0.2) is 5.78 Å². The van der Waals surface area contributed by atoms with Crippen LogP contribution < -0.4 is 10.9 Å². The maximum absolute atomic E-state index is 11.9. The molecule has 1 aliphatic carbocycles. The van der Waals surface area contributed by atoms with Crippen molar-refractivity contribution in [3.63, 3.8) is 0 Å². The van der Waals surface area contributed by atoms with Gasteiger partial charge in [0.1, 0.15) is 0 Å². The van der Waals surface area contributed by atoms with Crippen molar-refractivity contribution in [3.05, 3.63) is 33.7 Å². The van der Waals surface area contributed by atoms with Crippen LogP contribution in [0.25, 0.3) is 0 Å². The van der Waals surface area contributed by atoms with Crippen LogP contribution in [0.15, 0.2) is 16.9 Å². The first-order valence-electron chi connectivity index (χ1n) is 6.59. The number of nitrogens with zero attached hydrogens (tertiary/aromatic N) is 1. The van der Waals surface area contributed by atoms with Gasteiger partial charge in [-0.3, -0.25) is 9.59 Å². The van der Waals surface area contributed by atoms with E-state index in [4.69, 9.17) is 0 Å². The molecule has 0 aliphatic heterocycles. The average Bonchev–Trinajstić information content (AvgIpc) is 2.32. The van der Waals surface area contributed by atoms with Gasteiger partial charge in [0.2, 0.25) is 0 Å². The summed E-state index contributed by atoms with van der Waals surface area (Å²) < 4.78 is 1.75. The zero-order valence-electron chi connectivity index (χ0n) is 11.0. The number of pyridine rings is 1. The zero-order chi connectivity index (χ0) is 13.1. The highest BCUT2D eigenvalue weighted by molar-refractivity contribution is 5.97. The summed E-state index contributed by atoms with van der Waals surface area (Å²) in [6.45, 7) is 5.54. The predicted molar refractivity (Wildman–Crippen MR) is 71.1 cm³/mol. The molecule has 4 nitrogen and oxygen atoms in total. The van der Waals surface area contributed by atoms with Gasteiger partial charge in [0.25, 0.3) is 5.56 Å². The van der Waals surface area contributed by atoms with Crippen molar-refractivity contribution in [2.24, 2.45) is 0 Å². The smallest absolute Gasteiger partial charge is 0.250 e. The Hall–Kier alpha value is -1.42. The molecule has 0 radical (unpaired) electrons. The minimum absolute atomic E-state index is 0.00555. The van der Waals surface area contributed by atoms with E-state index in [0.29, 0.717) is 19.0 Å². The first kappa shape index (κ1) is 13.0. The van der Waals surface area contributed by atoms with Gasteiger partial charge >= 0.3 is 0 Å². The lowest BCUT2D eigenvalue weighted by molar-refractivity contribution is 0.0970. The van der Waals surface area contributed by atoms with E-state index < -0.39 is 0 Å². The lowest BCUT2D eigenvalue weighted by atomic mass is 9.94. The van der Waals surface area contributed by atoms with Gasteiger partial charge in [-0.1, -0.05) is 13.8 Å². The Bertz CT molecular complexity index is 503. The third-order valence-electron chi connectivity index (χ3n) is 3.30. The van der Waals surface area contributed by atoms with Crippen molar-refractivity contribution in [3.8, 4) is 0 Å². The molecule has 0 spiro atoms. The van der Waals surface area contributed by atoms with E-state index in [1.807, 2.05) is 0 Å². The molecule has 0 aromatic carbocycles. The molecule has 0 amide bonds. The number of aromatic nitrogens is 1. The summed E-state index contributed by atoms with van der Waals surface area (Å²) in [7, 11) is 0. The van der Waals surface area contributed by atoms with Crippen LogP contribution >= 0.6 is 0 Å². The van der Waals surface area contributed by atoms with E-state index >= 15 is 0 Å². The van der Waals surface area contributed by atoms with Crippen LogP contribution in [0, 0.1) is 0 Å². The number of carbonyl (C=O) groups is 1. The number of fused-ring (bicyclic) bond motifs is 1. The average molecular weight is 248 g/mol. The molecule has 1 aromatic rings. The van der Waals surface area contributed by atoms with Crippen molar-refractivity contribution in [1.82, 2.24) is 9.88 Å². The van der Waals surface area contributed by atoms with E-state index in [-0.39, 0.29) is 11.3 Å². The summed E-state index contributed by atoms with van der Waals surface area (Å²) in [4.78, 5) is 23.7. The minimum Gasteiger partial charge on any atom is -0.313 e. The highest BCUT2D eigenvalue weighted by atomic mass is 16.1. The van der Waals surface area contributed by atoms with E-state index in [1.165, 1.54) is 6.07 Å². The lowest BCUT2D eigenvalue weighted by Crippen LogP contribution is -2.33. The van der Waals surface area contributed by atoms with Gasteiger partial charge in [-0.25, -0.2) is 0 Å². The van der Waals surface area contributed by atoms with Crippen LogP contribution in [-0.4, -0.2) is 22.9 Å². The number of Topliss-reactive ketones (excluding diaryl/α,β-unsaturated/α-hetero) is 1. The monoisotopic (exact) mass is 248 g/mol. The molecule has 1 N–H and O–H groups in total. The normalized spacial score (nSPS) is 14.9. The standard InChI is InChI=1S/C14H20N2O2/c1-10(2)15-8-9-16-12-4-3-5-13(17)11(12)6-7-14(16)18/h6-7,10,15H,3-5,8-9H2,1-2H3. The highest BCUT2D eigenvalue weighted by Gasteiger charge is 2.20. The Labute approximate surface area is 107 Å². The summed E-state index contributed by atoms with van der Waals surface area (Å²) in [6.07, 6.45) is 2.29. The van der Waals surface area contributed by atoms with Crippen molar-refractivity contribution in [1.29, 1.82) is 0 Å². The second kappa shape index (κ2) is 5.48. The van der Waals surface area contributed by atoms with Gasteiger partial charge in [-0.05, 0) is 18.9 Å². The summed E-state index contributed by atoms with van der Waals surface area (Å²) in [5.41, 5.74) is 1.66. The van der Waals surface area contributed by atoms with Crippen LogP contribution in [0.5, 0.6) is 0 Å². The number of hydrogen-bond acceptors (Lipinski definition) is 3. The number of nitrogens with one attached hydrogen (secondary N) is 1. The van der Waals surface area contributed by atoms with Crippen molar-refractivity contribution in [2.75, 3.05) is 6.54 Å². The molecule has 2 rings (SSSR count). The van der Waals surface area contributed by atoms with Crippen molar-refractivity contribution >= 4 is 5.78 Å². The lowest BCUT2D eigenvalue weighted by Gasteiger charge is -2.20. The molecule has 1 aliphatic rings. The van der Waals surface area contributed by atoms with Crippen molar-refractivity contribution in [2.45, 2.75) is 45.7 Å². The quantitative estimate of drug-likeness (QED) is 0.875. The zero-order valence-corrected chi connectivity index (χ0v) is 11.0. The molecule has 0 saturated heterocycles. The van der Waals surface area contributed by atoms with E-state index in [2.05, 4.69) is 19.2 Å². The van der Waals surface area contributed by atoms with Gasteiger partial charge in [0.05, 0.1) is 0 Å². The second-order valence-electron chi connectivity index (χ2n) is 5.07. The Kier molecular flexibility index (Phi) is 3.97. The Morgan fingerprint density at radius 3 is 2.78 bits per heavy atom. The fourth-order valence-corrected chi connectivity index (χ4v) is 2.40. The van der Waals surface area contributed by atoms with Crippen LogP contribution in [0.2, 0.25) is 0 Å². The third-order valence-corrected chi connectivity index (χ3v) is 3.30. The molecule has 18 heavy (non-hydrogen) atoms. The van der Waals surface area contributed by atoms with Crippen LogP contribution in [0.1, 0.15) is 42.7 Å². The molecule has 0 bridgehead atoms. The van der Waals surface area contributed by atoms with E-state index in [9.17, 15) is 9.59 Å². The van der Waals surface area contributed by atoms with Crippen LogP contribution in [0.4, 0.5) is 0 Å². The van der Waals surface area contributed by atoms with E-state index in [0.717, 1.165) is 30.6 Å². The summed E-state index contributed by atoms with van der Waals surface area (Å²) in [5, 5.41) is 3.29. The predicted octanol–water partition coefficient (Wildman–Crippen LogP) is 1.37. The number of ketones is 1. The molecular weight excluding hydrogens is 228 g/mol. The molecule has 1 heterocycles. The molecule has 1 aromatic heterocycles. The van der Waals surface area contributed by atoms with Gasteiger partial charge < -0.3 is 9.88 Å². The van der Waals surface area contributed by atoms with Crippen molar-refractivity contribution < 1.29 is 4.79 Å². The topological polar surface area (TPSA) is 51.1 Å². The third kappa shape index (κ3) is 2.70. The highest BCUT2D eigenvalue weighted by Crippen LogP contribution is 2.19. The first-order valence-corrected chi connectivity index (χ1v) is 6.59. The first-order chi connectivity index (χ1) is 8.59. The molecule has 0 saturated carbocycles. The Morgan fingerprint density at radius 1 is 1.28 bits per heavy atom. The fraction of sp³-hybridized carbons (Fsp3) is 0.571. The SMILES string of the molecule is CC(C)NCCn1c2c(ccc1=O)C(=O)CCC2. The van der Waals surface area contributed by atoms with Crippen LogP contribution in [-0.2, 0) is 13.0 Å². The van der Waals surface area contributed by atoms with Crippen LogP contribution in [0.3, 0.4) is 0 Å². The molecule has 4 heteroatoms. The van der Waals surface area contributed by atoms with Gasteiger partial charge in [0, 0.05) is 42.9 Å². The Morgan fingerprint density at radius 2 is 2.06 bits per heavy atom. The maximum Gasteiger partial charge on any atom is 0.250 e. The summed E-state index contributed by atoms with van der Waals surface area (Å²) >= 11 is 0. The largest absolute Gasteiger partial charge is 0.313 e. The molecule has 0 fully saturated rings. The molecule has 0 atom stereocenters. The van der Waals surface area contributed by atoms with Gasteiger partial charge in [-0.2, -0.15) is 0 Å². The second-order valence-corrected chi connectivity index (χ2v) is 5.07. The Balaban J connectivity index is 2.26. The van der Waals surface area contributed by atoms with Gasteiger partial charge in [-0.15, -0.1) is 0 Å². The minimum atomic E-state index is -0.00555. The summed E-state index contributed by atoms with van der Waals surface area (Å²) in [6, 6.07) is 3.60. The number of carbonyl (C=O) groups excluding carboxylic acids is 1. The molecule has 0 unspecified atom stereocenters. The molecule has 98 valence electrons. The number of rotatable bonds is 4. The number of hydrogen-bond donors (Lipinski definition) is 1.